The van der Waals surface area contributed by atoms with Crippen molar-refractivity contribution in [2.75, 3.05) is 7.05 Å². The minimum atomic E-state index is -0.0748. The normalized spacial score (nSPS) is 10.9. The SMILES string of the molecule is CN(Cc1nc2ccccc2s1)C(=O)c1cccc(-n2cnnn2)c1. The number of carbonyl (C=O) groups is 1. The van der Waals surface area contributed by atoms with Crippen LogP contribution in [-0.2, 0) is 6.54 Å². The summed E-state index contributed by atoms with van der Waals surface area (Å²) >= 11 is 1.60. The zero-order valence-corrected chi connectivity index (χ0v) is 14.2. The van der Waals surface area contributed by atoms with Crippen molar-refractivity contribution in [3.63, 3.8) is 0 Å². The van der Waals surface area contributed by atoms with Gasteiger partial charge in [-0.15, -0.1) is 16.4 Å². The molecule has 124 valence electrons. The van der Waals surface area contributed by atoms with Crippen LogP contribution in [0.3, 0.4) is 0 Å². The fourth-order valence-corrected chi connectivity index (χ4v) is 3.56. The van der Waals surface area contributed by atoms with Gasteiger partial charge in [0.2, 0.25) is 0 Å². The quantitative estimate of drug-likeness (QED) is 0.565. The first-order valence-corrected chi connectivity index (χ1v) is 8.46. The van der Waals surface area contributed by atoms with Crippen molar-refractivity contribution in [1.82, 2.24) is 30.1 Å². The number of hydrogen-bond donors (Lipinski definition) is 0. The Hall–Kier alpha value is -3.13. The Bertz CT molecular complexity index is 993. The molecule has 25 heavy (non-hydrogen) atoms. The third-order valence-electron chi connectivity index (χ3n) is 3.76. The second-order valence-corrected chi connectivity index (χ2v) is 6.66. The summed E-state index contributed by atoms with van der Waals surface area (Å²) in [6.45, 7) is 0.466. The Kier molecular flexibility index (Phi) is 3.95. The number of carbonyl (C=O) groups excluding carboxylic acids is 1. The number of benzene rings is 2. The molecular weight excluding hydrogens is 336 g/mol. The highest BCUT2D eigenvalue weighted by atomic mass is 32.1. The van der Waals surface area contributed by atoms with Gasteiger partial charge < -0.3 is 4.90 Å². The molecule has 0 N–H and O–H groups in total. The summed E-state index contributed by atoms with van der Waals surface area (Å²) in [6, 6.07) is 15.2. The van der Waals surface area contributed by atoms with Crippen molar-refractivity contribution in [2.24, 2.45) is 0 Å². The average molecular weight is 350 g/mol. The Balaban J connectivity index is 1.55. The fourth-order valence-electron chi connectivity index (χ4n) is 2.54. The van der Waals surface area contributed by atoms with Crippen molar-refractivity contribution >= 4 is 27.5 Å². The van der Waals surface area contributed by atoms with Crippen LogP contribution in [0.15, 0.2) is 54.9 Å². The minimum Gasteiger partial charge on any atom is -0.335 e. The molecule has 1 amide bonds. The van der Waals surface area contributed by atoms with E-state index in [2.05, 4.69) is 20.5 Å². The number of fused-ring (bicyclic) bond motifs is 1. The molecule has 7 nitrogen and oxygen atoms in total. The third-order valence-corrected chi connectivity index (χ3v) is 4.79. The predicted octanol–water partition coefficient (Wildman–Crippen LogP) is 2.54. The molecule has 2 heterocycles. The molecule has 0 saturated carbocycles. The van der Waals surface area contributed by atoms with Gasteiger partial charge in [0.25, 0.3) is 5.91 Å². The van der Waals surface area contributed by atoms with E-state index in [0.29, 0.717) is 12.1 Å². The van der Waals surface area contributed by atoms with Crippen molar-refractivity contribution in [3.05, 3.63) is 65.4 Å². The van der Waals surface area contributed by atoms with Gasteiger partial charge in [-0.3, -0.25) is 4.79 Å². The summed E-state index contributed by atoms with van der Waals surface area (Å²) in [5, 5.41) is 12.0. The molecule has 0 radical (unpaired) electrons. The van der Waals surface area contributed by atoms with E-state index < -0.39 is 0 Å². The standard InChI is InChI=1S/C17H14N6OS/c1-22(10-16-19-14-7-2-3-8-15(14)25-16)17(24)12-5-4-6-13(9-12)23-11-18-20-21-23/h2-9,11H,10H2,1H3. The van der Waals surface area contributed by atoms with Crippen LogP contribution in [0.1, 0.15) is 15.4 Å². The van der Waals surface area contributed by atoms with E-state index in [-0.39, 0.29) is 5.91 Å². The van der Waals surface area contributed by atoms with Gasteiger partial charge in [-0.1, -0.05) is 18.2 Å². The number of amides is 1. The first kappa shape index (κ1) is 15.4. The van der Waals surface area contributed by atoms with E-state index in [1.54, 1.807) is 35.4 Å². The first-order chi connectivity index (χ1) is 12.2. The van der Waals surface area contributed by atoms with E-state index >= 15 is 0 Å². The Morgan fingerprint density at radius 1 is 1.20 bits per heavy atom. The molecule has 0 spiro atoms. The topological polar surface area (TPSA) is 76.8 Å². The van der Waals surface area contributed by atoms with E-state index in [1.807, 2.05) is 36.4 Å². The van der Waals surface area contributed by atoms with Crippen molar-refractivity contribution in [3.8, 4) is 5.69 Å². The molecular formula is C17H14N6OS. The molecule has 0 aliphatic carbocycles. The van der Waals surface area contributed by atoms with Gasteiger partial charge in [0.15, 0.2) is 0 Å². The maximum atomic E-state index is 12.7. The number of aromatic nitrogens is 5. The van der Waals surface area contributed by atoms with E-state index in [1.165, 1.54) is 11.0 Å². The highest BCUT2D eigenvalue weighted by Crippen LogP contribution is 2.23. The van der Waals surface area contributed by atoms with Crippen molar-refractivity contribution < 1.29 is 4.79 Å². The van der Waals surface area contributed by atoms with Crippen LogP contribution >= 0.6 is 11.3 Å². The van der Waals surface area contributed by atoms with Gasteiger partial charge in [-0.2, -0.15) is 0 Å². The fraction of sp³-hybridized carbons (Fsp3) is 0.118. The van der Waals surface area contributed by atoms with Crippen LogP contribution in [0, 0.1) is 0 Å². The summed E-state index contributed by atoms with van der Waals surface area (Å²) in [7, 11) is 1.78. The highest BCUT2D eigenvalue weighted by Gasteiger charge is 2.15. The highest BCUT2D eigenvalue weighted by molar-refractivity contribution is 7.18. The molecule has 0 bridgehead atoms. The molecule has 0 aliphatic rings. The molecule has 0 unspecified atom stereocenters. The van der Waals surface area contributed by atoms with Crippen LogP contribution in [-0.4, -0.2) is 43.0 Å². The van der Waals surface area contributed by atoms with Crippen LogP contribution < -0.4 is 0 Å². The maximum Gasteiger partial charge on any atom is 0.254 e. The maximum absolute atomic E-state index is 12.7. The zero-order valence-electron chi connectivity index (χ0n) is 13.4. The second-order valence-electron chi connectivity index (χ2n) is 5.54. The number of hydrogen-bond acceptors (Lipinski definition) is 6. The Labute approximate surface area is 147 Å². The number of tetrazole rings is 1. The molecule has 0 aliphatic heterocycles. The third kappa shape index (κ3) is 3.11. The Morgan fingerprint density at radius 3 is 2.88 bits per heavy atom. The summed E-state index contributed by atoms with van der Waals surface area (Å²) in [6.07, 6.45) is 1.49. The summed E-state index contributed by atoms with van der Waals surface area (Å²) in [5.74, 6) is -0.0748. The molecule has 0 fully saturated rings. The van der Waals surface area contributed by atoms with Crippen LogP contribution in [0.2, 0.25) is 0 Å². The summed E-state index contributed by atoms with van der Waals surface area (Å²) in [4.78, 5) is 19.0. The summed E-state index contributed by atoms with van der Waals surface area (Å²) in [5.41, 5.74) is 2.28. The molecule has 0 atom stereocenters. The van der Waals surface area contributed by atoms with E-state index in [0.717, 1.165) is 20.9 Å². The average Bonchev–Trinajstić information content (AvgIpc) is 3.30. The smallest absolute Gasteiger partial charge is 0.254 e. The van der Waals surface area contributed by atoms with Crippen LogP contribution in [0.5, 0.6) is 0 Å². The number of rotatable bonds is 4. The number of nitrogens with zero attached hydrogens (tertiary/aromatic N) is 6. The first-order valence-electron chi connectivity index (χ1n) is 7.64. The van der Waals surface area contributed by atoms with Gasteiger partial charge in [0.05, 0.1) is 22.4 Å². The monoisotopic (exact) mass is 350 g/mol. The van der Waals surface area contributed by atoms with Gasteiger partial charge >= 0.3 is 0 Å². The van der Waals surface area contributed by atoms with Crippen molar-refractivity contribution in [2.45, 2.75) is 6.54 Å². The molecule has 2 aromatic heterocycles. The number of para-hydroxylation sites is 1. The molecule has 8 heteroatoms. The van der Waals surface area contributed by atoms with Crippen LogP contribution in [0.25, 0.3) is 15.9 Å². The van der Waals surface area contributed by atoms with Gasteiger partial charge in [0.1, 0.15) is 11.3 Å². The van der Waals surface area contributed by atoms with Crippen LogP contribution in [0.4, 0.5) is 0 Å². The minimum absolute atomic E-state index is 0.0748. The number of thiazole rings is 1. The van der Waals surface area contributed by atoms with E-state index in [4.69, 9.17) is 0 Å². The summed E-state index contributed by atoms with van der Waals surface area (Å²) < 4.78 is 2.64. The lowest BCUT2D eigenvalue weighted by Gasteiger charge is -2.16. The van der Waals surface area contributed by atoms with Gasteiger partial charge in [0, 0.05) is 12.6 Å². The lowest BCUT2D eigenvalue weighted by atomic mass is 10.2. The lowest BCUT2D eigenvalue weighted by Crippen LogP contribution is -2.26. The lowest BCUT2D eigenvalue weighted by molar-refractivity contribution is 0.0785. The zero-order chi connectivity index (χ0) is 17.2. The van der Waals surface area contributed by atoms with Crippen molar-refractivity contribution in [1.29, 1.82) is 0 Å². The Morgan fingerprint density at radius 2 is 2.08 bits per heavy atom. The second kappa shape index (κ2) is 6.40. The molecule has 0 saturated heterocycles. The van der Waals surface area contributed by atoms with Gasteiger partial charge in [-0.05, 0) is 40.8 Å². The molecule has 4 rings (SSSR count). The van der Waals surface area contributed by atoms with E-state index in [9.17, 15) is 4.79 Å². The predicted molar refractivity (Wildman–Crippen MR) is 94.6 cm³/mol. The molecule has 4 aromatic rings. The van der Waals surface area contributed by atoms with Gasteiger partial charge in [-0.25, -0.2) is 9.67 Å². The molecule has 2 aromatic carbocycles. The largest absolute Gasteiger partial charge is 0.335 e.